The maximum absolute atomic E-state index is 3.74. The van der Waals surface area contributed by atoms with Crippen LogP contribution in [0.5, 0.6) is 0 Å². The van der Waals surface area contributed by atoms with Crippen LogP contribution >= 0.6 is 0 Å². The van der Waals surface area contributed by atoms with Gasteiger partial charge in [0, 0.05) is 19.1 Å². The summed E-state index contributed by atoms with van der Waals surface area (Å²) in [4.78, 5) is 0. The molecular formula is C12H24N2. The van der Waals surface area contributed by atoms with Crippen LogP contribution in [-0.4, -0.2) is 25.7 Å². The Balaban J connectivity index is 2.17. The third-order valence-corrected chi connectivity index (χ3v) is 3.04. The Bertz CT molecular complexity index is 156. The van der Waals surface area contributed by atoms with Gasteiger partial charge in [0.15, 0.2) is 0 Å². The molecule has 2 atom stereocenters. The number of rotatable bonds is 7. The Morgan fingerprint density at radius 3 is 3.00 bits per heavy atom. The molecule has 1 fully saturated rings. The fraction of sp³-hybridized carbons (Fsp3) is 0.833. The molecule has 82 valence electrons. The van der Waals surface area contributed by atoms with Crippen molar-refractivity contribution >= 4 is 0 Å². The molecule has 0 spiro atoms. The van der Waals surface area contributed by atoms with E-state index in [2.05, 4.69) is 24.1 Å². The third-order valence-electron chi connectivity index (χ3n) is 3.04. The van der Waals surface area contributed by atoms with Crippen molar-refractivity contribution in [3.05, 3.63) is 12.7 Å². The first kappa shape index (κ1) is 11.7. The first-order valence-electron chi connectivity index (χ1n) is 5.93. The number of nitrogens with one attached hydrogen (secondary N) is 2. The standard InChI is InChI=1S/C12H24N2/c1-3-5-6-7-11-9-13-10-12(11)14-8-4-2/h4,11-14H,2-3,5-10H2,1H3. The van der Waals surface area contributed by atoms with Crippen molar-refractivity contribution in [2.75, 3.05) is 19.6 Å². The van der Waals surface area contributed by atoms with Crippen LogP contribution in [0, 0.1) is 5.92 Å². The van der Waals surface area contributed by atoms with Gasteiger partial charge in [0.25, 0.3) is 0 Å². The van der Waals surface area contributed by atoms with Crippen LogP contribution in [0.15, 0.2) is 12.7 Å². The van der Waals surface area contributed by atoms with E-state index < -0.39 is 0 Å². The highest BCUT2D eigenvalue weighted by Crippen LogP contribution is 2.17. The summed E-state index contributed by atoms with van der Waals surface area (Å²) in [5.74, 6) is 0.835. The molecule has 0 aromatic heterocycles. The number of unbranched alkanes of at least 4 members (excludes halogenated alkanes) is 2. The summed E-state index contributed by atoms with van der Waals surface area (Å²) in [5, 5.41) is 6.99. The molecule has 2 nitrogen and oxygen atoms in total. The second-order valence-electron chi connectivity index (χ2n) is 4.22. The Morgan fingerprint density at radius 1 is 1.43 bits per heavy atom. The van der Waals surface area contributed by atoms with Crippen LogP contribution in [0.25, 0.3) is 0 Å². The molecular weight excluding hydrogens is 172 g/mol. The number of hydrogen-bond acceptors (Lipinski definition) is 2. The lowest BCUT2D eigenvalue weighted by molar-refractivity contribution is 0.402. The van der Waals surface area contributed by atoms with Gasteiger partial charge in [0.1, 0.15) is 0 Å². The molecule has 0 amide bonds. The van der Waals surface area contributed by atoms with E-state index in [0.717, 1.165) is 19.0 Å². The van der Waals surface area contributed by atoms with Gasteiger partial charge in [-0.2, -0.15) is 0 Å². The fourth-order valence-electron chi connectivity index (χ4n) is 2.17. The van der Waals surface area contributed by atoms with Crippen LogP contribution in [-0.2, 0) is 0 Å². The van der Waals surface area contributed by atoms with Crippen LogP contribution in [0.2, 0.25) is 0 Å². The largest absolute Gasteiger partial charge is 0.315 e. The lowest BCUT2D eigenvalue weighted by atomic mass is 9.96. The second kappa shape index (κ2) is 7.02. The normalized spacial score (nSPS) is 26.6. The molecule has 1 heterocycles. The number of hydrogen-bond donors (Lipinski definition) is 2. The Hall–Kier alpha value is -0.340. The molecule has 0 aliphatic carbocycles. The van der Waals surface area contributed by atoms with Gasteiger partial charge in [-0.05, 0) is 18.9 Å². The quantitative estimate of drug-likeness (QED) is 0.480. The molecule has 1 aliphatic heterocycles. The average molecular weight is 196 g/mol. The molecule has 1 aliphatic rings. The van der Waals surface area contributed by atoms with Crippen molar-refractivity contribution in [1.29, 1.82) is 0 Å². The monoisotopic (exact) mass is 196 g/mol. The summed E-state index contributed by atoms with van der Waals surface area (Å²) in [5.41, 5.74) is 0. The lowest BCUT2D eigenvalue weighted by Gasteiger charge is -2.18. The van der Waals surface area contributed by atoms with E-state index in [1.807, 2.05) is 6.08 Å². The summed E-state index contributed by atoms with van der Waals surface area (Å²) in [7, 11) is 0. The first-order chi connectivity index (χ1) is 6.88. The SMILES string of the molecule is C=CCNC1CNCC1CCCCC. The van der Waals surface area contributed by atoms with Gasteiger partial charge < -0.3 is 10.6 Å². The molecule has 0 saturated carbocycles. The fourth-order valence-corrected chi connectivity index (χ4v) is 2.17. The summed E-state index contributed by atoms with van der Waals surface area (Å²) < 4.78 is 0. The highest BCUT2D eigenvalue weighted by molar-refractivity contribution is 4.88. The molecule has 14 heavy (non-hydrogen) atoms. The zero-order valence-electron chi connectivity index (χ0n) is 9.39. The van der Waals surface area contributed by atoms with Crippen LogP contribution in [0.1, 0.15) is 32.6 Å². The van der Waals surface area contributed by atoms with Gasteiger partial charge >= 0.3 is 0 Å². The minimum absolute atomic E-state index is 0.671. The molecule has 2 N–H and O–H groups in total. The first-order valence-corrected chi connectivity index (χ1v) is 5.93. The zero-order chi connectivity index (χ0) is 10.2. The Morgan fingerprint density at radius 2 is 2.29 bits per heavy atom. The summed E-state index contributed by atoms with van der Waals surface area (Å²) >= 11 is 0. The van der Waals surface area contributed by atoms with Crippen LogP contribution in [0.4, 0.5) is 0 Å². The predicted octanol–water partition coefficient (Wildman–Crippen LogP) is 1.93. The van der Waals surface area contributed by atoms with Crippen molar-refractivity contribution in [2.45, 2.75) is 38.6 Å². The molecule has 0 bridgehead atoms. The highest BCUT2D eigenvalue weighted by atomic mass is 15.0. The molecule has 0 aromatic rings. The van der Waals surface area contributed by atoms with Crippen LogP contribution < -0.4 is 10.6 Å². The minimum atomic E-state index is 0.671. The summed E-state index contributed by atoms with van der Waals surface area (Å²) in [6.45, 7) is 9.27. The Labute approximate surface area is 88.2 Å². The van der Waals surface area contributed by atoms with E-state index in [9.17, 15) is 0 Å². The van der Waals surface area contributed by atoms with Crippen molar-refractivity contribution in [2.24, 2.45) is 5.92 Å². The molecule has 0 aromatic carbocycles. The van der Waals surface area contributed by atoms with E-state index in [0.29, 0.717) is 6.04 Å². The van der Waals surface area contributed by atoms with Crippen molar-refractivity contribution in [3.8, 4) is 0 Å². The van der Waals surface area contributed by atoms with Gasteiger partial charge in [0.2, 0.25) is 0 Å². The van der Waals surface area contributed by atoms with Gasteiger partial charge in [-0.1, -0.05) is 32.3 Å². The summed E-state index contributed by atoms with van der Waals surface area (Å²) in [6, 6.07) is 0.671. The molecule has 2 heteroatoms. The molecule has 1 rings (SSSR count). The highest BCUT2D eigenvalue weighted by Gasteiger charge is 2.25. The second-order valence-corrected chi connectivity index (χ2v) is 4.22. The predicted molar refractivity (Wildman–Crippen MR) is 62.5 cm³/mol. The smallest absolute Gasteiger partial charge is 0.0235 e. The van der Waals surface area contributed by atoms with Crippen molar-refractivity contribution in [3.63, 3.8) is 0 Å². The van der Waals surface area contributed by atoms with E-state index in [-0.39, 0.29) is 0 Å². The van der Waals surface area contributed by atoms with Gasteiger partial charge in [-0.25, -0.2) is 0 Å². The lowest BCUT2D eigenvalue weighted by Crippen LogP contribution is -2.36. The van der Waals surface area contributed by atoms with Gasteiger partial charge in [0.05, 0.1) is 0 Å². The van der Waals surface area contributed by atoms with Crippen molar-refractivity contribution in [1.82, 2.24) is 10.6 Å². The van der Waals surface area contributed by atoms with Crippen LogP contribution in [0.3, 0.4) is 0 Å². The van der Waals surface area contributed by atoms with Crippen molar-refractivity contribution < 1.29 is 0 Å². The molecule has 2 unspecified atom stereocenters. The molecule has 0 radical (unpaired) electrons. The van der Waals surface area contributed by atoms with E-state index in [1.165, 1.54) is 32.2 Å². The van der Waals surface area contributed by atoms with E-state index in [4.69, 9.17) is 0 Å². The van der Waals surface area contributed by atoms with E-state index in [1.54, 1.807) is 0 Å². The molecule has 1 saturated heterocycles. The topological polar surface area (TPSA) is 24.1 Å². The maximum atomic E-state index is 3.74. The maximum Gasteiger partial charge on any atom is 0.0235 e. The zero-order valence-corrected chi connectivity index (χ0v) is 9.39. The Kier molecular flexibility index (Phi) is 5.88. The minimum Gasteiger partial charge on any atom is -0.315 e. The van der Waals surface area contributed by atoms with Gasteiger partial charge in [-0.15, -0.1) is 6.58 Å². The average Bonchev–Trinajstić information content (AvgIpc) is 2.63. The third kappa shape index (κ3) is 3.81. The van der Waals surface area contributed by atoms with Gasteiger partial charge in [-0.3, -0.25) is 0 Å². The summed E-state index contributed by atoms with van der Waals surface area (Å²) in [6.07, 6.45) is 7.40. The van der Waals surface area contributed by atoms with E-state index >= 15 is 0 Å².